The first-order chi connectivity index (χ1) is 14.5. The van der Waals surface area contributed by atoms with E-state index in [4.69, 9.17) is 0 Å². The first-order valence-electron chi connectivity index (χ1n) is 9.47. The van der Waals surface area contributed by atoms with E-state index in [1.54, 1.807) is 0 Å². The molecule has 0 radical (unpaired) electrons. The fraction of sp³-hybridized carbons (Fsp3) is 0.500. The van der Waals surface area contributed by atoms with Gasteiger partial charge in [-0.05, 0) is 44.0 Å². The minimum atomic E-state index is -4.83. The van der Waals surface area contributed by atoms with E-state index < -0.39 is 43.5 Å². The van der Waals surface area contributed by atoms with Crippen LogP contribution in [0.25, 0.3) is 0 Å². The second-order valence-electron chi connectivity index (χ2n) is 7.71. The summed E-state index contributed by atoms with van der Waals surface area (Å²) >= 11 is 0.415. The Morgan fingerprint density at radius 1 is 1.32 bits per heavy atom. The van der Waals surface area contributed by atoms with E-state index in [9.17, 15) is 30.4 Å². The summed E-state index contributed by atoms with van der Waals surface area (Å²) in [5, 5.41) is 1.74. The van der Waals surface area contributed by atoms with Gasteiger partial charge in [-0.3, -0.25) is 9.62 Å². The van der Waals surface area contributed by atoms with Crippen LogP contribution in [0.4, 0.5) is 32.8 Å². The van der Waals surface area contributed by atoms with Gasteiger partial charge in [-0.2, -0.15) is 17.6 Å². The van der Waals surface area contributed by atoms with Crippen molar-refractivity contribution in [1.29, 1.82) is 0 Å². The lowest BCUT2D eigenvalue weighted by molar-refractivity contribution is -0.137. The van der Waals surface area contributed by atoms with Crippen LogP contribution >= 0.6 is 11.3 Å². The molecular formula is C18H19F5N4O2S2. The van der Waals surface area contributed by atoms with Crippen LogP contribution in [0.3, 0.4) is 0 Å². The van der Waals surface area contributed by atoms with Gasteiger partial charge in [0.25, 0.3) is 10.0 Å². The summed E-state index contributed by atoms with van der Waals surface area (Å²) in [6, 6.07) is 2.59. The van der Waals surface area contributed by atoms with Crippen molar-refractivity contribution in [3.8, 4) is 0 Å². The van der Waals surface area contributed by atoms with Gasteiger partial charge in [0, 0.05) is 24.3 Å². The zero-order chi connectivity index (χ0) is 22.4. The van der Waals surface area contributed by atoms with Gasteiger partial charge in [0.05, 0.1) is 16.7 Å². The van der Waals surface area contributed by atoms with Gasteiger partial charge >= 0.3 is 6.18 Å². The topological polar surface area (TPSA) is 74.3 Å². The Balaban J connectivity index is 1.59. The van der Waals surface area contributed by atoms with Crippen molar-refractivity contribution in [3.63, 3.8) is 0 Å². The average molecular weight is 483 g/mol. The number of rotatable bonds is 6. The van der Waals surface area contributed by atoms with Crippen LogP contribution in [0.2, 0.25) is 0 Å². The highest BCUT2D eigenvalue weighted by Gasteiger charge is 2.48. The zero-order valence-corrected chi connectivity index (χ0v) is 17.7. The molecule has 4 rings (SSSR count). The van der Waals surface area contributed by atoms with Crippen molar-refractivity contribution < 1.29 is 30.4 Å². The van der Waals surface area contributed by atoms with Gasteiger partial charge in [-0.15, -0.1) is 0 Å². The van der Waals surface area contributed by atoms with Gasteiger partial charge in [-0.1, -0.05) is 11.3 Å². The smallest absolute Gasteiger partial charge is 0.383 e. The molecule has 6 nitrogen and oxygen atoms in total. The van der Waals surface area contributed by atoms with E-state index in [2.05, 4.69) is 10.3 Å². The van der Waals surface area contributed by atoms with Crippen LogP contribution in [0.15, 0.2) is 29.3 Å². The third kappa shape index (κ3) is 4.48. The summed E-state index contributed by atoms with van der Waals surface area (Å²) in [5.74, 6) is 0. The first-order valence-corrected chi connectivity index (χ1v) is 11.8. The third-order valence-corrected chi connectivity index (χ3v) is 7.84. The molecule has 31 heavy (non-hydrogen) atoms. The van der Waals surface area contributed by atoms with Gasteiger partial charge in [0.15, 0.2) is 10.3 Å². The number of sulfonamides is 1. The number of hydrogen-bond acceptors (Lipinski definition) is 6. The van der Waals surface area contributed by atoms with E-state index in [1.165, 1.54) is 0 Å². The van der Waals surface area contributed by atoms with Crippen molar-refractivity contribution in [2.24, 2.45) is 0 Å². The number of nitrogens with zero attached hydrogens (tertiary/aromatic N) is 2. The molecule has 0 aliphatic carbocycles. The molecule has 2 N–H and O–H groups in total. The van der Waals surface area contributed by atoms with E-state index in [0.29, 0.717) is 30.4 Å². The van der Waals surface area contributed by atoms with E-state index >= 15 is 0 Å². The number of nitrogens with one attached hydrogen (secondary N) is 2. The second-order valence-corrected chi connectivity index (χ2v) is 10.4. The maximum atomic E-state index is 13.9. The quantitative estimate of drug-likeness (QED) is 0.607. The Hall–Kier alpha value is -1.99. The minimum Gasteiger partial charge on any atom is -0.383 e. The molecule has 3 heterocycles. The standard InChI is InChI=1S/C18H19F5N4O2S2/c19-11-7-17(4-1-5-27(17)9-11)10-25-14-3-2-12(6-13(14)18(21,22)23)31(28,29)26-16-24-8-15(20)30-16/h2-3,6,8,11,25H,1,4-5,7,9-10H2,(H,24,26)/t11-,17-/m1/s1. The van der Waals surface area contributed by atoms with Crippen LogP contribution in [-0.4, -0.2) is 49.6 Å². The predicted molar refractivity (Wildman–Crippen MR) is 106 cm³/mol. The van der Waals surface area contributed by atoms with Crippen LogP contribution in [0.1, 0.15) is 24.8 Å². The molecule has 1 aromatic carbocycles. The molecular weight excluding hydrogens is 463 g/mol. The highest BCUT2D eigenvalue weighted by atomic mass is 32.2. The molecule has 0 amide bonds. The molecule has 2 saturated heterocycles. The Morgan fingerprint density at radius 3 is 2.77 bits per heavy atom. The predicted octanol–water partition coefficient (Wildman–Crippen LogP) is 4.09. The summed E-state index contributed by atoms with van der Waals surface area (Å²) in [4.78, 5) is 4.84. The number of anilines is 2. The van der Waals surface area contributed by atoms with Crippen LogP contribution in [0.5, 0.6) is 0 Å². The maximum Gasteiger partial charge on any atom is 0.418 e. The van der Waals surface area contributed by atoms with Gasteiger partial charge in [0.1, 0.15) is 6.17 Å². The van der Waals surface area contributed by atoms with Crippen molar-refractivity contribution in [1.82, 2.24) is 9.88 Å². The van der Waals surface area contributed by atoms with Gasteiger partial charge in [0.2, 0.25) is 0 Å². The first kappa shape index (κ1) is 22.2. The molecule has 2 fully saturated rings. The Kier molecular flexibility index (Phi) is 5.63. The molecule has 2 aliphatic rings. The lowest BCUT2D eigenvalue weighted by Crippen LogP contribution is -2.44. The Bertz CT molecular complexity index is 1080. The van der Waals surface area contributed by atoms with E-state index in [0.717, 1.165) is 24.8 Å². The average Bonchev–Trinajstić information content (AvgIpc) is 3.32. The summed E-state index contributed by atoms with van der Waals surface area (Å²) in [6.07, 6.45) is -3.26. The Morgan fingerprint density at radius 2 is 2.10 bits per heavy atom. The van der Waals surface area contributed by atoms with Crippen molar-refractivity contribution in [3.05, 3.63) is 35.1 Å². The van der Waals surface area contributed by atoms with Gasteiger partial charge in [-0.25, -0.2) is 17.8 Å². The fourth-order valence-electron chi connectivity index (χ4n) is 4.31. The molecule has 170 valence electrons. The number of aromatic nitrogens is 1. The molecule has 2 atom stereocenters. The van der Waals surface area contributed by atoms with Crippen LogP contribution in [0, 0.1) is 5.13 Å². The SMILES string of the molecule is O=S(=O)(Nc1ncc(F)s1)c1ccc(NC[C@]23CCCN2C[C@H](F)C3)c(C(F)(F)F)c1. The normalized spacial score (nSPS) is 24.4. The monoisotopic (exact) mass is 482 g/mol. The molecule has 1 aromatic heterocycles. The Labute approximate surface area is 179 Å². The fourth-order valence-corrected chi connectivity index (χ4v) is 6.13. The number of halogens is 5. The molecule has 2 aliphatic heterocycles. The molecule has 0 saturated carbocycles. The summed E-state index contributed by atoms with van der Waals surface area (Å²) in [5.41, 5.74) is -1.98. The lowest BCUT2D eigenvalue weighted by Gasteiger charge is -2.32. The van der Waals surface area contributed by atoms with Crippen molar-refractivity contribution >= 4 is 32.2 Å². The number of benzene rings is 1. The molecule has 2 aromatic rings. The summed E-state index contributed by atoms with van der Waals surface area (Å²) < 4.78 is 94.9. The largest absolute Gasteiger partial charge is 0.418 e. The van der Waals surface area contributed by atoms with E-state index in [1.807, 2.05) is 9.62 Å². The molecule has 13 heteroatoms. The van der Waals surface area contributed by atoms with Crippen molar-refractivity contribution in [2.45, 2.75) is 42.0 Å². The highest BCUT2D eigenvalue weighted by Crippen LogP contribution is 2.42. The highest BCUT2D eigenvalue weighted by molar-refractivity contribution is 7.93. The van der Waals surface area contributed by atoms with Crippen LogP contribution in [-0.2, 0) is 16.2 Å². The lowest BCUT2D eigenvalue weighted by atomic mass is 9.93. The van der Waals surface area contributed by atoms with Crippen molar-refractivity contribution in [2.75, 3.05) is 29.7 Å². The summed E-state index contributed by atoms with van der Waals surface area (Å²) in [6.45, 7) is 1.10. The molecule has 0 unspecified atom stereocenters. The van der Waals surface area contributed by atoms with E-state index in [-0.39, 0.29) is 30.3 Å². The number of hydrogen-bond donors (Lipinski definition) is 2. The maximum absolute atomic E-state index is 13.9. The summed E-state index contributed by atoms with van der Waals surface area (Å²) in [7, 11) is -4.41. The molecule has 0 spiro atoms. The third-order valence-electron chi connectivity index (χ3n) is 5.67. The minimum absolute atomic E-state index is 0.124. The number of alkyl halides is 4. The molecule has 0 bridgehead atoms. The zero-order valence-electron chi connectivity index (χ0n) is 16.0. The van der Waals surface area contributed by atoms with Crippen LogP contribution < -0.4 is 10.0 Å². The second kappa shape index (κ2) is 7.85. The van der Waals surface area contributed by atoms with Gasteiger partial charge < -0.3 is 5.32 Å². The number of thiazole rings is 1. The number of fused-ring (bicyclic) bond motifs is 1.